The monoisotopic (exact) mass is 508 g/mol. The number of aryl methyl sites for hydroxylation is 2. The fourth-order valence-corrected chi connectivity index (χ4v) is 5.72. The maximum absolute atomic E-state index is 13.3. The highest BCUT2D eigenvalue weighted by molar-refractivity contribution is 7.93. The molecule has 5 rings (SSSR count). The van der Waals surface area contributed by atoms with E-state index in [1.165, 1.54) is 6.07 Å². The third-order valence-corrected chi connectivity index (χ3v) is 7.80. The number of hydrogen-bond acceptors (Lipinski definition) is 5. The summed E-state index contributed by atoms with van der Waals surface area (Å²) in [6.45, 7) is 2.67. The largest absolute Gasteiger partial charge is 0.347 e. The van der Waals surface area contributed by atoms with Crippen molar-refractivity contribution >= 4 is 43.3 Å². The SMILES string of the molecule is CCn1cc(C(=O)CCc2ccc(C#N)cc2)c2cc(NS(=O)(=O)c3cccc4cccnc34)ccc21. The van der Waals surface area contributed by atoms with E-state index >= 15 is 0 Å². The number of para-hydroxylation sites is 1. The van der Waals surface area contributed by atoms with E-state index in [0.29, 0.717) is 47.1 Å². The Bertz CT molecular complexity index is 1780. The van der Waals surface area contributed by atoms with E-state index in [2.05, 4.69) is 15.8 Å². The van der Waals surface area contributed by atoms with E-state index in [1.807, 2.05) is 48.0 Å². The van der Waals surface area contributed by atoms with Gasteiger partial charge in [-0.3, -0.25) is 14.5 Å². The van der Waals surface area contributed by atoms with Gasteiger partial charge in [0.2, 0.25) is 0 Å². The van der Waals surface area contributed by atoms with Gasteiger partial charge < -0.3 is 4.57 Å². The molecule has 0 bridgehead atoms. The third-order valence-electron chi connectivity index (χ3n) is 6.38. The predicted molar refractivity (Wildman–Crippen MR) is 144 cm³/mol. The molecule has 0 saturated carbocycles. The van der Waals surface area contributed by atoms with Gasteiger partial charge in [-0.05, 0) is 61.4 Å². The first-order valence-electron chi connectivity index (χ1n) is 11.9. The van der Waals surface area contributed by atoms with Crippen LogP contribution in [0.2, 0.25) is 0 Å². The second-order valence-corrected chi connectivity index (χ2v) is 10.4. The lowest BCUT2D eigenvalue weighted by molar-refractivity contribution is 0.0984. The minimum atomic E-state index is -3.92. The van der Waals surface area contributed by atoms with Crippen LogP contribution in [0, 0.1) is 11.3 Å². The molecule has 0 aliphatic carbocycles. The summed E-state index contributed by atoms with van der Waals surface area (Å²) in [6, 6.07) is 23.2. The standard InChI is InChI=1S/C29H24N4O3S/c1-2-33-19-25(27(34)15-12-20-8-10-21(18-30)11-9-20)24-17-23(13-14-26(24)33)32-37(35,36)28-7-3-5-22-6-4-16-31-29(22)28/h3-11,13-14,16-17,19,32H,2,12,15H2,1H3. The quantitative estimate of drug-likeness (QED) is 0.271. The zero-order chi connectivity index (χ0) is 26.0. The Labute approximate surface area is 215 Å². The van der Waals surface area contributed by atoms with Crippen molar-refractivity contribution in [2.45, 2.75) is 31.2 Å². The second kappa shape index (κ2) is 9.88. The highest BCUT2D eigenvalue weighted by atomic mass is 32.2. The Kier molecular flexibility index (Phi) is 6.47. The molecule has 1 N–H and O–H groups in total. The van der Waals surface area contributed by atoms with Crippen LogP contribution < -0.4 is 4.72 Å². The van der Waals surface area contributed by atoms with Gasteiger partial charge in [0, 0.05) is 52.9 Å². The molecule has 0 amide bonds. The Balaban J connectivity index is 1.45. The fourth-order valence-electron chi connectivity index (χ4n) is 4.49. The third kappa shape index (κ3) is 4.82. The molecule has 0 aliphatic rings. The van der Waals surface area contributed by atoms with E-state index in [-0.39, 0.29) is 10.7 Å². The Hall–Kier alpha value is -4.48. The number of fused-ring (bicyclic) bond motifs is 2. The predicted octanol–water partition coefficient (Wildman–Crippen LogP) is 5.70. The molecule has 2 heterocycles. The number of aromatic nitrogens is 2. The van der Waals surface area contributed by atoms with Crippen LogP contribution in [0.5, 0.6) is 0 Å². The number of benzene rings is 3. The number of anilines is 1. The van der Waals surface area contributed by atoms with Crippen LogP contribution in [0.15, 0.2) is 90.1 Å². The lowest BCUT2D eigenvalue weighted by Crippen LogP contribution is -2.13. The molecule has 3 aromatic carbocycles. The van der Waals surface area contributed by atoms with E-state index in [4.69, 9.17) is 5.26 Å². The highest BCUT2D eigenvalue weighted by Crippen LogP contribution is 2.29. The van der Waals surface area contributed by atoms with Gasteiger partial charge in [0.15, 0.2) is 5.78 Å². The molecule has 0 spiro atoms. The molecule has 0 fully saturated rings. The summed E-state index contributed by atoms with van der Waals surface area (Å²) in [4.78, 5) is 17.6. The van der Waals surface area contributed by atoms with E-state index in [1.54, 1.807) is 42.6 Å². The van der Waals surface area contributed by atoms with Crippen molar-refractivity contribution in [3.05, 3.63) is 102 Å². The Morgan fingerprint density at radius 3 is 2.59 bits per heavy atom. The van der Waals surface area contributed by atoms with Crippen molar-refractivity contribution in [2.75, 3.05) is 4.72 Å². The van der Waals surface area contributed by atoms with Crippen LogP contribution in [0.3, 0.4) is 0 Å². The zero-order valence-electron chi connectivity index (χ0n) is 20.2. The smallest absolute Gasteiger partial charge is 0.264 e. The van der Waals surface area contributed by atoms with Crippen molar-refractivity contribution in [3.8, 4) is 6.07 Å². The van der Waals surface area contributed by atoms with Crippen molar-refractivity contribution in [1.82, 2.24) is 9.55 Å². The van der Waals surface area contributed by atoms with Gasteiger partial charge >= 0.3 is 0 Å². The number of nitrogens with one attached hydrogen (secondary N) is 1. The lowest BCUT2D eigenvalue weighted by Gasteiger charge is -2.11. The molecule has 2 aromatic heterocycles. The number of carbonyl (C=O) groups excluding carboxylic acids is 1. The van der Waals surface area contributed by atoms with Gasteiger partial charge in [-0.2, -0.15) is 5.26 Å². The number of pyridine rings is 1. The second-order valence-electron chi connectivity index (χ2n) is 8.73. The highest BCUT2D eigenvalue weighted by Gasteiger charge is 2.20. The van der Waals surface area contributed by atoms with Crippen LogP contribution in [0.25, 0.3) is 21.8 Å². The number of rotatable bonds is 8. The number of nitriles is 1. The summed E-state index contributed by atoms with van der Waals surface area (Å²) in [7, 11) is -3.92. The molecule has 7 nitrogen and oxygen atoms in total. The average molecular weight is 509 g/mol. The van der Waals surface area contributed by atoms with E-state index in [9.17, 15) is 13.2 Å². The fraction of sp³-hybridized carbons (Fsp3) is 0.138. The first-order valence-corrected chi connectivity index (χ1v) is 13.4. The average Bonchev–Trinajstić information content (AvgIpc) is 3.29. The lowest BCUT2D eigenvalue weighted by atomic mass is 10.0. The Morgan fingerprint density at radius 2 is 1.84 bits per heavy atom. The number of nitrogens with zero attached hydrogens (tertiary/aromatic N) is 3. The maximum atomic E-state index is 13.3. The van der Waals surface area contributed by atoms with Crippen molar-refractivity contribution < 1.29 is 13.2 Å². The van der Waals surface area contributed by atoms with Gasteiger partial charge in [0.25, 0.3) is 10.0 Å². The van der Waals surface area contributed by atoms with Crippen LogP contribution in [0.1, 0.15) is 34.8 Å². The topological polar surface area (TPSA) is 105 Å². The normalized spacial score (nSPS) is 11.5. The molecule has 8 heteroatoms. The molecule has 5 aromatic rings. The van der Waals surface area contributed by atoms with Crippen LogP contribution in [0.4, 0.5) is 5.69 Å². The number of sulfonamides is 1. The maximum Gasteiger partial charge on any atom is 0.264 e. The number of Topliss-reactive ketones (excluding diaryl/α,β-unsaturated/α-hetero) is 1. The molecular formula is C29H24N4O3S. The molecule has 0 saturated heterocycles. The van der Waals surface area contributed by atoms with Crippen molar-refractivity contribution in [3.63, 3.8) is 0 Å². The number of carbonyl (C=O) groups is 1. The molecule has 0 aliphatic heterocycles. The van der Waals surface area contributed by atoms with Gasteiger partial charge in [0.05, 0.1) is 17.1 Å². The first-order chi connectivity index (χ1) is 17.9. The molecule has 37 heavy (non-hydrogen) atoms. The summed E-state index contributed by atoms with van der Waals surface area (Å²) in [6.07, 6.45) is 4.24. The molecule has 184 valence electrons. The van der Waals surface area contributed by atoms with Crippen molar-refractivity contribution in [2.24, 2.45) is 0 Å². The molecule has 0 radical (unpaired) electrons. The zero-order valence-corrected chi connectivity index (χ0v) is 21.0. The summed E-state index contributed by atoms with van der Waals surface area (Å²) in [5, 5.41) is 10.4. The summed E-state index contributed by atoms with van der Waals surface area (Å²) < 4.78 is 31.2. The van der Waals surface area contributed by atoms with Crippen molar-refractivity contribution in [1.29, 1.82) is 5.26 Å². The molecular weight excluding hydrogens is 484 g/mol. The van der Waals surface area contributed by atoms with E-state index < -0.39 is 10.0 Å². The number of ketones is 1. The first kappa shape index (κ1) is 24.2. The van der Waals surface area contributed by atoms with Crippen LogP contribution in [-0.2, 0) is 23.0 Å². The molecule has 0 unspecified atom stereocenters. The minimum Gasteiger partial charge on any atom is -0.347 e. The minimum absolute atomic E-state index is 0.0279. The number of hydrogen-bond donors (Lipinski definition) is 1. The summed E-state index contributed by atoms with van der Waals surface area (Å²) in [5.41, 5.74) is 3.74. The molecule has 0 atom stereocenters. The van der Waals surface area contributed by atoms with Gasteiger partial charge in [-0.1, -0.05) is 30.3 Å². The van der Waals surface area contributed by atoms with Gasteiger partial charge in [-0.25, -0.2) is 8.42 Å². The van der Waals surface area contributed by atoms with Gasteiger partial charge in [0.1, 0.15) is 4.90 Å². The summed E-state index contributed by atoms with van der Waals surface area (Å²) >= 11 is 0. The van der Waals surface area contributed by atoms with E-state index in [0.717, 1.165) is 16.5 Å². The summed E-state index contributed by atoms with van der Waals surface area (Å²) in [5.74, 6) is -0.0279. The van der Waals surface area contributed by atoms with Crippen LogP contribution >= 0.6 is 0 Å². The van der Waals surface area contributed by atoms with Crippen LogP contribution in [-0.4, -0.2) is 23.8 Å². The van der Waals surface area contributed by atoms with Gasteiger partial charge in [-0.15, -0.1) is 0 Å². The Morgan fingerprint density at radius 1 is 1.05 bits per heavy atom.